The van der Waals surface area contributed by atoms with Crippen LogP contribution in [0.2, 0.25) is 0 Å². The average molecular weight is 310 g/mol. The molecule has 0 aliphatic rings. The summed E-state index contributed by atoms with van der Waals surface area (Å²) in [4.78, 5) is 0. The fourth-order valence-corrected chi connectivity index (χ4v) is 1.79. The van der Waals surface area contributed by atoms with Crippen LogP contribution in [0.15, 0.2) is 40.9 Å². The molecule has 2 nitrogen and oxygen atoms in total. The molecule has 2 aromatic rings. The van der Waals surface area contributed by atoms with E-state index in [0.29, 0.717) is 15.8 Å². The second-order valence-electron chi connectivity index (χ2n) is 3.41. The fourth-order valence-electron chi connectivity index (χ4n) is 1.33. The van der Waals surface area contributed by atoms with Crippen LogP contribution in [0.3, 0.4) is 0 Å². The van der Waals surface area contributed by atoms with Gasteiger partial charge in [0.05, 0.1) is 16.1 Å². The van der Waals surface area contributed by atoms with Crippen LogP contribution in [0, 0.1) is 23.0 Å². The molecule has 0 saturated carbocycles. The maximum absolute atomic E-state index is 13.4. The number of hydrogen-bond donors (Lipinski definition) is 0. The minimum Gasteiger partial charge on any atom is -0.453 e. The van der Waals surface area contributed by atoms with Crippen molar-refractivity contribution in [1.29, 1.82) is 5.26 Å². The molecule has 0 saturated heterocycles. The van der Waals surface area contributed by atoms with Gasteiger partial charge in [0.25, 0.3) is 0 Å². The quantitative estimate of drug-likeness (QED) is 0.824. The lowest BCUT2D eigenvalue weighted by molar-refractivity contribution is 0.414. The maximum Gasteiger partial charge on any atom is 0.201 e. The molecule has 0 radical (unpaired) electrons. The summed E-state index contributed by atoms with van der Waals surface area (Å²) in [6.45, 7) is 0. The van der Waals surface area contributed by atoms with Crippen LogP contribution in [-0.2, 0) is 0 Å². The minimum absolute atomic E-state index is 0.208. The largest absolute Gasteiger partial charge is 0.453 e. The number of rotatable bonds is 2. The monoisotopic (exact) mass is 309 g/mol. The van der Waals surface area contributed by atoms with E-state index in [2.05, 4.69) is 15.9 Å². The Morgan fingerprint density at radius 2 is 1.89 bits per heavy atom. The van der Waals surface area contributed by atoms with Crippen LogP contribution >= 0.6 is 15.9 Å². The molecule has 90 valence electrons. The number of ether oxygens (including phenoxy) is 1. The minimum atomic E-state index is -1.05. The topological polar surface area (TPSA) is 33.0 Å². The standard InChI is InChI=1S/C13H6BrF2NO/c14-9-6-8(7-17)4-5-11(9)18-12-3-1-2-10(15)13(12)16/h1-6H. The Bertz CT molecular complexity index is 637. The number of nitrogens with zero attached hydrogens (tertiary/aromatic N) is 1. The zero-order chi connectivity index (χ0) is 13.1. The summed E-state index contributed by atoms with van der Waals surface area (Å²) in [6.07, 6.45) is 0. The first kappa shape index (κ1) is 12.5. The van der Waals surface area contributed by atoms with Gasteiger partial charge in [-0.1, -0.05) is 6.07 Å². The third kappa shape index (κ3) is 2.49. The highest BCUT2D eigenvalue weighted by atomic mass is 79.9. The Labute approximate surface area is 111 Å². The van der Waals surface area contributed by atoms with Crippen molar-refractivity contribution in [2.45, 2.75) is 0 Å². The van der Waals surface area contributed by atoms with Crippen LogP contribution in [0.1, 0.15) is 5.56 Å². The van der Waals surface area contributed by atoms with Crippen molar-refractivity contribution in [2.75, 3.05) is 0 Å². The Balaban J connectivity index is 2.35. The highest BCUT2D eigenvalue weighted by molar-refractivity contribution is 9.10. The number of hydrogen-bond acceptors (Lipinski definition) is 2. The van der Waals surface area contributed by atoms with E-state index in [1.165, 1.54) is 30.3 Å². The molecule has 0 heterocycles. The molecule has 5 heteroatoms. The predicted molar refractivity (Wildman–Crippen MR) is 65.3 cm³/mol. The van der Waals surface area contributed by atoms with E-state index in [9.17, 15) is 8.78 Å². The van der Waals surface area contributed by atoms with Gasteiger partial charge in [-0.15, -0.1) is 0 Å². The van der Waals surface area contributed by atoms with Gasteiger partial charge >= 0.3 is 0 Å². The number of benzene rings is 2. The third-order valence-electron chi connectivity index (χ3n) is 2.20. The van der Waals surface area contributed by atoms with Crippen molar-refractivity contribution >= 4 is 15.9 Å². The molecule has 0 aliphatic heterocycles. The van der Waals surface area contributed by atoms with Gasteiger partial charge in [0, 0.05) is 0 Å². The van der Waals surface area contributed by atoms with E-state index in [1.54, 1.807) is 0 Å². The second kappa shape index (κ2) is 5.15. The van der Waals surface area contributed by atoms with Crippen LogP contribution in [-0.4, -0.2) is 0 Å². The highest BCUT2D eigenvalue weighted by Crippen LogP contribution is 2.32. The maximum atomic E-state index is 13.4. The van der Waals surface area contributed by atoms with Gasteiger partial charge in [0.15, 0.2) is 11.6 Å². The predicted octanol–water partition coefficient (Wildman–Crippen LogP) is 4.39. The highest BCUT2D eigenvalue weighted by Gasteiger charge is 2.11. The van der Waals surface area contributed by atoms with E-state index in [0.717, 1.165) is 6.07 Å². The van der Waals surface area contributed by atoms with Gasteiger partial charge < -0.3 is 4.74 Å². The molecular formula is C13H6BrF2NO. The lowest BCUT2D eigenvalue weighted by atomic mass is 10.2. The summed E-state index contributed by atoms with van der Waals surface area (Å²) < 4.78 is 32.1. The molecule has 0 amide bonds. The lowest BCUT2D eigenvalue weighted by Gasteiger charge is -2.08. The second-order valence-corrected chi connectivity index (χ2v) is 4.27. The normalized spacial score (nSPS) is 9.89. The Hall–Kier alpha value is -1.93. The van der Waals surface area contributed by atoms with Gasteiger partial charge in [-0.05, 0) is 46.3 Å². The van der Waals surface area contributed by atoms with Gasteiger partial charge in [-0.2, -0.15) is 9.65 Å². The first-order valence-electron chi connectivity index (χ1n) is 4.93. The van der Waals surface area contributed by atoms with Crippen LogP contribution < -0.4 is 4.74 Å². The third-order valence-corrected chi connectivity index (χ3v) is 2.82. The van der Waals surface area contributed by atoms with Crippen molar-refractivity contribution in [1.82, 2.24) is 0 Å². The van der Waals surface area contributed by atoms with Crippen molar-refractivity contribution in [2.24, 2.45) is 0 Å². The van der Waals surface area contributed by atoms with Gasteiger partial charge in [-0.25, -0.2) is 4.39 Å². The van der Waals surface area contributed by atoms with Gasteiger partial charge in [0.1, 0.15) is 5.75 Å². The molecule has 18 heavy (non-hydrogen) atoms. The van der Waals surface area contributed by atoms with Crippen LogP contribution in [0.25, 0.3) is 0 Å². The summed E-state index contributed by atoms with van der Waals surface area (Å²) in [5.41, 5.74) is 0.439. The first-order chi connectivity index (χ1) is 8.61. The number of halogens is 3. The molecule has 0 N–H and O–H groups in total. The van der Waals surface area contributed by atoms with E-state index in [1.807, 2.05) is 6.07 Å². The molecule has 0 spiro atoms. The molecule has 0 bridgehead atoms. The van der Waals surface area contributed by atoms with Crippen molar-refractivity contribution in [3.05, 3.63) is 58.1 Å². The van der Waals surface area contributed by atoms with E-state index in [-0.39, 0.29) is 5.75 Å². The van der Waals surface area contributed by atoms with E-state index >= 15 is 0 Å². The van der Waals surface area contributed by atoms with Crippen molar-refractivity contribution in [3.63, 3.8) is 0 Å². The molecule has 0 aromatic heterocycles. The molecule has 0 fully saturated rings. The molecule has 2 rings (SSSR count). The van der Waals surface area contributed by atoms with Crippen molar-refractivity contribution in [3.8, 4) is 17.6 Å². The summed E-state index contributed by atoms with van der Waals surface area (Å²) in [5.74, 6) is -1.93. The number of nitriles is 1. The van der Waals surface area contributed by atoms with Crippen LogP contribution in [0.5, 0.6) is 11.5 Å². The molecular weight excluding hydrogens is 304 g/mol. The van der Waals surface area contributed by atoms with E-state index < -0.39 is 11.6 Å². The Kier molecular flexibility index (Phi) is 3.58. The van der Waals surface area contributed by atoms with Crippen molar-refractivity contribution < 1.29 is 13.5 Å². The lowest BCUT2D eigenvalue weighted by Crippen LogP contribution is -1.92. The summed E-state index contributed by atoms with van der Waals surface area (Å²) in [5, 5.41) is 8.70. The zero-order valence-corrected chi connectivity index (χ0v) is 10.5. The Morgan fingerprint density at radius 3 is 2.56 bits per heavy atom. The SMILES string of the molecule is N#Cc1ccc(Oc2cccc(F)c2F)c(Br)c1. The molecule has 0 unspecified atom stereocenters. The van der Waals surface area contributed by atoms with Gasteiger partial charge in [0.2, 0.25) is 5.82 Å². The summed E-state index contributed by atoms with van der Waals surface area (Å²) >= 11 is 3.20. The summed E-state index contributed by atoms with van der Waals surface area (Å²) in [7, 11) is 0. The summed E-state index contributed by atoms with van der Waals surface area (Å²) in [6, 6.07) is 10.2. The molecule has 2 aromatic carbocycles. The molecule has 0 aliphatic carbocycles. The smallest absolute Gasteiger partial charge is 0.201 e. The molecule has 0 atom stereocenters. The van der Waals surface area contributed by atoms with Gasteiger partial charge in [-0.3, -0.25) is 0 Å². The Morgan fingerprint density at radius 1 is 1.11 bits per heavy atom. The average Bonchev–Trinajstić information content (AvgIpc) is 2.37. The first-order valence-corrected chi connectivity index (χ1v) is 5.72. The van der Waals surface area contributed by atoms with Crippen LogP contribution in [0.4, 0.5) is 8.78 Å². The van der Waals surface area contributed by atoms with E-state index in [4.69, 9.17) is 10.00 Å². The zero-order valence-electron chi connectivity index (χ0n) is 8.95. The fraction of sp³-hybridized carbons (Fsp3) is 0.